The molecule has 0 spiro atoms. The Hall–Kier alpha value is -3.48. The van der Waals surface area contributed by atoms with Gasteiger partial charge in [-0.2, -0.15) is 0 Å². The molecule has 1 aromatic heterocycles. The summed E-state index contributed by atoms with van der Waals surface area (Å²) in [4.78, 5) is 27.2. The Morgan fingerprint density at radius 3 is 2.54 bits per heavy atom. The first kappa shape index (κ1) is 17.9. The van der Waals surface area contributed by atoms with Gasteiger partial charge in [0.1, 0.15) is 17.7 Å². The number of hydrogen-bond acceptors (Lipinski definition) is 3. The van der Waals surface area contributed by atoms with E-state index in [1.165, 1.54) is 17.2 Å². The monoisotopic (exact) mass is 382 g/mol. The van der Waals surface area contributed by atoms with E-state index in [9.17, 15) is 18.4 Å². The molecule has 1 N–H and O–H groups in total. The number of amides is 2. The molecule has 0 bridgehead atoms. The van der Waals surface area contributed by atoms with Crippen LogP contribution in [0.3, 0.4) is 0 Å². The lowest BCUT2D eigenvalue weighted by molar-refractivity contribution is -0.121. The molecule has 5 nitrogen and oxygen atoms in total. The molecule has 7 heteroatoms. The first-order valence-electron chi connectivity index (χ1n) is 8.70. The molecule has 1 aliphatic heterocycles. The summed E-state index contributed by atoms with van der Waals surface area (Å²) in [5.74, 6) is -2.49. The predicted molar refractivity (Wildman–Crippen MR) is 97.5 cm³/mol. The normalized spacial score (nSPS) is 15.8. The number of furan rings is 1. The van der Waals surface area contributed by atoms with Crippen LogP contribution in [0.1, 0.15) is 21.7 Å². The van der Waals surface area contributed by atoms with E-state index in [-0.39, 0.29) is 24.4 Å². The molecule has 0 radical (unpaired) electrons. The zero-order valence-corrected chi connectivity index (χ0v) is 14.7. The minimum absolute atomic E-state index is 0.116. The zero-order valence-electron chi connectivity index (χ0n) is 14.7. The van der Waals surface area contributed by atoms with Gasteiger partial charge in [0.25, 0.3) is 5.91 Å². The van der Waals surface area contributed by atoms with Crippen molar-refractivity contribution in [2.75, 3.05) is 5.32 Å². The van der Waals surface area contributed by atoms with Crippen molar-refractivity contribution in [2.24, 2.45) is 0 Å². The summed E-state index contributed by atoms with van der Waals surface area (Å²) >= 11 is 0. The maximum absolute atomic E-state index is 13.9. The summed E-state index contributed by atoms with van der Waals surface area (Å²) in [5, 5.41) is 2.46. The Morgan fingerprint density at radius 1 is 1.04 bits per heavy atom. The maximum Gasteiger partial charge on any atom is 0.290 e. The fraction of sp³-hybridized carbons (Fsp3) is 0.143. The zero-order chi connectivity index (χ0) is 19.7. The van der Waals surface area contributed by atoms with E-state index in [0.29, 0.717) is 6.07 Å². The molecule has 142 valence electrons. The van der Waals surface area contributed by atoms with Gasteiger partial charge in [0, 0.05) is 19.0 Å². The highest BCUT2D eigenvalue weighted by Crippen LogP contribution is 2.26. The Kier molecular flexibility index (Phi) is 4.65. The van der Waals surface area contributed by atoms with Gasteiger partial charge < -0.3 is 14.6 Å². The highest BCUT2D eigenvalue weighted by Gasteiger charge is 2.36. The first-order chi connectivity index (χ1) is 13.5. The van der Waals surface area contributed by atoms with Crippen molar-refractivity contribution in [1.82, 2.24) is 4.90 Å². The molecule has 1 atom stereocenters. The molecule has 0 aliphatic carbocycles. The number of rotatable bonds is 3. The van der Waals surface area contributed by atoms with Crippen LogP contribution < -0.4 is 5.32 Å². The van der Waals surface area contributed by atoms with Gasteiger partial charge in [-0.3, -0.25) is 9.59 Å². The summed E-state index contributed by atoms with van der Waals surface area (Å²) in [5.41, 5.74) is 1.72. The van der Waals surface area contributed by atoms with Crippen molar-refractivity contribution in [1.29, 1.82) is 0 Å². The highest BCUT2D eigenvalue weighted by molar-refractivity contribution is 6.00. The summed E-state index contributed by atoms with van der Waals surface area (Å²) in [6.07, 6.45) is 1.66. The van der Waals surface area contributed by atoms with Gasteiger partial charge >= 0.3 is 0 Å². The van der Waals surface area contributed by atoms with E-state index in [2.05, 4.69) is 5.32 Å². The van der Waals surface area contributed by atoms with Gasteiger partial charge in [-0.15, -0.1) is 0 Å². The van der Waals surface area contributed by atoms with Crippen LogP contribution in [-0.4, -0.2) is 22.8 Å². The Bertz CT molecular complexity index is 1030. The number of benzene rings is 2. The summed E-state index contributed by atoms with van der Waals surface area (Å²) in [7, 11) is 0. The molecule has 0 saturated carbocycles. The summed E-state index contributed by atoms with van der Waals surface area (Å²) in [6.45, 7) is 0.222. The van der Waals surface area contributed by atoms with E-state index < -0.39 is 29.5 Å². The minimum atomic E-state index is -0.881. The van der Waals surface area contributed by atoms with E-state index in [0.717, 1.165) is 23.3 Å². The molecule has 2 aromatic carbocycles. The molecule has 1 unspecified atom stereocenters. The van der Waals surface area contributed by atoms with Crippen molar-refractivity contribution in [3.8, 4) is 0 Å². The molecule has 4 rings (SSSR count). The van der Waals surface area contributed by atoms with E-state index >= 15 is 0 Å². The highest BCUT2D eigenvalue weighted by atomic mass is 19.1. The van der Waals surface area contributed by atoms with Crippen LogP contribution in [0, 0.1) is 11.6 Å². The number of hydrogen-bond donors (Lipinski definition) is 1. The van der Waals surface area contributed by atoms with E-state index in [1.54, 1.807) is 6.07 Å². The number of carbonyl (C=O) groups excluding carboxylic acids is 2. The number of nitrogens with one attached hydrogen (secondary N) is 1. The second kappa shape index (κ2) is 7.26. The summed E-state index contributed by atoms with van der Waals surface area (Å²) in [6, 6.07) is 12.7. The van der Waals surface area contributed by atoms with E-state index in [1.807, 2.05) is 24.3 Å². The number of anilines is 1. The van der Waals surface area contributed by atoms with E-state index in [4.69, 9.17) is 4.42 Å². The Balaban J connectivity index is 1.65. The third-order valence-corrected chi connectivity index (χ3v) is 4.73. The van der Waals surface area contributed by atoms with Crippen molar-refractivity contribution in [2.45, 2.75) is 19.0 Å². The van der Waals surface area contributed by atoms with Crippen molar-refractivity contribution in [3.05, 3.63) is 89.4 Å². The van der Waals surface area contributed by atoms with Crippen LogP contribution in [0.5, 0.6) is 0 Å². The third-order valence-electron chi connectivity index (χ3n) is 4.73. The van der Waals surface area contributed by atoms with Gasteiger partial charge in [0.05, 0.1) is 12.0 Å². The molecule has 2 amide bonds. The Labute approximate surface area is 159 Å². The molecule has 3 aromatic rings. The second-order valence-corrected chi connectivity index (χ2v) is 6.51. The van der Waals surface area contributed by atoms with Crippen LogP contribution in [-0.2, 0) is 17.8 Å². The van der Waals surface area contributed by atoms with Gasteiger partial charge in [-0.25, -0.2) is 8.78 Å². The van der Waals surface area contributed by atoms with Crippen LogP contribution >= 0.6 is 0 Å². The molecule has 0 saturated heterocycles. The fourth-order valence-electron chi connectivity index (χ4n) is 3.32. The van der Waals surface area contributed by atoms with Gasteiger partial charge in [0.15, 0.2) is 5.76 Å². The molecular weight excluding hydrogens is 366 g/mol. The standard InChI is InChI=1S/C21H16F2N2O3/c22-15-7-8-17(16(23)11-15)24-20(26)18-10-13-4-1-2-5-14(13)12-25(18)21(27)19-6-3-9-28-19/h1-9,11,18H,10,12H2,(H,24,26). The maximum atomic E-state index is 13.9. The summed E-state index contributed by atoms with van der Waals surface area (Å²) < 4.78 is 32.3. The largest absolute Gasteiger partial charge is 0.459 e. The molecule has 2 heterocycles. The van der Waals surface area contributed by atoms with Crippen LogP contribution in [0.4, 0.5) is 14.5 Å². The van der Waals surface area contributed by atoms with Gasteiger partial charge in [-0.1, -0.05) is 24.3 Å². The lowest BCUT2D eigenvalue weighted by atomic mass is 9.93. The average Bonchev–Trinajstić information content (AvgIpc) is 3.23. The topological polar surface area (TPSA) is 62.6 Å². The minimum Gasteiger partial charge on any atom is -0.459 e. The number of fused-ring (bicyclic) bond motifs is 1. The predicted octanol–water partition coefficient (Wildman–Crippen LogP) is 3.76. The molecule has 1 aliphatic rings. The van der Waals surface area contributed by atoms with Crippen LogP contribution in [0.25, 0.3) is 0 Å². The van der Waals surface area contributed by atoms with Gasteiger partial charge in [-0.05, 0) is 35.4 Å². The molecule has 28 heavy (non-hydrogen) atoms. The Morgan fingerprint density at radius 2 is 1.82 bits per heavy atom. The quantitative estimate of drug-likeness (QED) is 0.750. The van der Waals surface area contributed by atoms with Crippen molar-refractivity contribution in [3.63, 3.8) is 0 Å². The second-order valence-electron chi connectivity index (χ2n) is 6.51. The third kappa shape index (κ3) is 3.38. The number of nitrogens with zero attached hydrogens (tertiary/aromatic N) is 1. The van der Waals surface area contributed by atoms with Crippen molar-refractivity contribution < 1.29 is 22.8 Å². The average molecular weight is 382 g/mol. The SMILES string of the molecule is O=C(Nc1ccc(F)cc1F)C1Cc2ccccc2CN1C(=O)c1ccco1. The van der Waals surface area contributed by atoms with Crippen LogP contribution in [0.2, 0.25) is 0 Å². The van der Waals surface area contributed by atoms with Crippen molar-refractivity contribution >= 4 is 17.5 Å². The fourth-order valence-corrected chi connectivity index (χ4v) is 3.32. The number of halogens is 2. The van der Waals surface area contributed by atoms with Gasteiger partial charge in [0.2, 0.25) is 5.91 Å². The lowest BCUT2D eigenvalue weighted by Crippen LogP contribution is -2.50. The lowest BCUT2D eigenvalue weighted by Gasteiger charge is -2.35. The number of carbonyl (C=O) groups is 2. The smallest absolute Gasteiger partial charge is 0.290 e. The molecule has 0 fully saturated rings. The van der Waals surface area contributed by atoms with Crippen LogP contribution in [0.15, 0.2) is 65.3 Å². The molecular formula is C21H16F2N2O3. The first-order valence-corrected chi connectivity index (χ1v) is 8.70.